The average molecular weight is 463 g/mol. The van der Waals surface area contributed by atoms with E-state index in [0.717, 1.165) is 38.0 Å². The summed E-state index contributed by atoms with van der Waals surface area (Å²) in [5, 5.41) is 21.9. The third kappa shape index (κ3) is 4.91. The Morgan fingerprint density at radius 1 is 1.24 bits per heavy atom. The molecule has 1 saturated carbocycles. The van der Waals surface area contributed by atoms with Crippen molar-refractivity contribution in [2.45, 2.75) is 50.7 Å². The molecule has 5 nitrogen and oxygen atoms in total. The topological polar surface area (TPSA) is 64.0 Å². The number of carbonyl (C=O) groups is 1. The van der Waals surface area contributed by atoms with Crippen LogP contribution in [0.15, 0.2) is 67.3 Å². The van der Waals surface area contributed by atoms with Crippen molar-refractivity contribution in [3.8, 4) is 5.75 Å². The fourth-order valence-corrected chi connectivity index (χ4v) is 6.19. The Morgan fingerprint density at radius 2 is 2.00 bits per heavy atom. The molecule has 2 aromatic rings. The van der Waals surface area contributed by atoms with Gasteiger partial charge in [-0.15, -0.1) is 6.58 Å². The van der Waals surface area contributed by atoms with Gasteiger partial charge in [-0.05, 0) is 61.6 Å². The number of phenolic OH excluding ortho intramolecular Hbond substituents is 1. The van der Waals surface area contributed by atoms with Crippen LogP contribution in [-0.2, 0) is 5.41 Å². The number of aliphatic hydroxyl groups is 1. The zero-order chi connectivity index (χ0) is 24.3. The summed E-state index contributed by atoms with van der Waals surface area (Å²) < 4.78 is 0. The van der Waals surface area contributed by atoms with Crippen molar-refractivity contribution < 1.29 is 15.0 Å². The Labute approximate surface area is 203 Å². The molecule has 2 N–H and O–H groups in total. The fraction of sp³-hybridized carbons (Fsp3) is 0.483. The van der Waals surface area contributed by atoms with Gasteiger partial charge in [0.25, 0.3) is 5.91 Å². The summed E-state index contributed by atoms with van der Waals surface area (Å²) in [6.45, 7) is 11.3. The monoisotopic (exact) mass is 462 g/mol. The maximum absolute atomic E-state index is 13.7. The zero-order valence-electron chi connectivity index (χ0n) is 20.4. The number of aliphatic hydroxyl groups excluding tert-OH is 1. The van der Waals surface area contributed by atoms with E-state index in [2.05, 4.69) is 31.4 Å². The normalized spacial score (nSPS) is 27.2. The second-order valence-corrected chi connectivity index (χ2v) is 10.5. The van der Waals surface area contributed by atoms with Gasteiger partial charge in [0.1, 0.15) is 5.75 Å². The van der Waals surface area contributed by atoms with Crippen LogP contribution in [0.4, 0.5) is 0 Å². The minimum Gasteiger partial charge on any atom is -0.508 e. The number of fused-ring (bicyclic) bond motifs is 1. The number of hydrogen-bond acceptors (Lipinski definition) is 4. The predicted molar refractivity (Wildman–Crippen MR) is 136 cm³/mol. The van der Waals surface area contributed by atoms with Gasteiger partial charge in [0.2, 0.25) is 0 Å². The summed E-state index contributed by atoms with van der Waals surface area (Å²) in [5.74, 6) is 0.621. The van der Waals surface area contributed by atoms with Crippen LogP contribution in [0.1, 0.15) is 49.0 Å². The number of piperidine rings is 1. The molecular formula is C29H38N2O3. The van der Waals surface area contributed by atoms with E-state index < -0.39 is 6.10 Å². The van der Waals surface area contributed by atoms with Gasteiger partial charge < -0.3 is 15.1 Å². The lowest BCUT2D eigenvalue weighted by molar-refractivity contribution is -0.0630. The highest BCUT2D eigenvalue weighted by atomic mass is 16.3. The van der Waals surface area contributed by atoms with Gasteiger partial charge in [0.05, 0.1) is 6.10 Å². The molecule has 5 heteroatoms. The number of amides is 1. The fourth-order valence-electron chi connectivity index (χ4n) is 6.19. The third-order valence-corrected chi connectivity index (χ3v) is 7.71. The summed E-state index contributed by atoms with van der Waals surface area (Å²) in [6.07, 6.45) is 3.61. The molecule has 1 unspecified atom stereocenters. The number of hydrogen-bond donors (Lipinski definition) is 2. The lowest BCUT2D eigenvalue weighted by Crippen LogP contribution is -2.61. The van der Waals surface area contributed by atoms with E-state index in [1.807, 2.05) is 53.4 Å². The second kappa shape index (κ2) is 10.3. The molecule has 1 aliphatic carbocycles. The van der Waals surface area contributed by atoms with E-state index in [0.29, 0.717) is 24.4 Å². The summed E-state index contributed by atoms with van der Waals surface area (Å²) >= 11 is 0. The van der Waals surface area contributed by atoms with Crippen molar-refractivity contribution in [1.82, 2.24) is 9.80 Å². The number of aromatic hydroxyl groups is 1. The molecule has 4 atom stereocenters. The van der Waals surface area contributed by atoms with Crippen molar-refractivity contribution in [2.24, 2.45) is 11.8 Å². The van der Waals surface area contributed by atoms with E-state index in [1.165, 1.54) is 0 Å². The molecule has 182 valence electrons. The highest BCUT2D eigenvalue weighted by molar-refractivity contribution is 5.94. The molecule has 1 aliphatic heterocycles. The summed E-state index contributed by atoms with van der Waals surface area (Å²) in [5.41, 5.74) is 1.45. The Balaban J connectivity index is 1.72. The van der Waals surface area contributed by atoms with Crippen LogP contribution < -0.4 is 0 Å². The van der Waals surface area contributed by atoms with Crippen molar-refractivity contribution >= 4 is 5.91 Å². The largest absolute Gasteiger partial charge is 0.508 e. The maximum Gasteiger partial charge on any atom is 0.254 e. The van der Waals surface area contributed by atoms with Crippen LogP contribution in [-0.4, -0.2) is 64.2 Å². The van der Waals surface area contributed by atoms with Crippen molar-refractivity contribution in [2.75, 3.05) is 26.2 Å². The zero-order valence-corrected chi connectivity index (χ0v) is 20.4. The highest BCUT2D eigenvalue weighted by Gasteiger charge is 2.53. The van der Waals surface area contributed by atoms with Crippen LogP contribution in [0.3, 0.4) is 0 Å². The number of carbonyl (C=O) groups excluding carboxylic acids is 1. The van der Waals surface area contributed by atoms with Gasteiger partial charge in [0, 0.05) is 42.6 Å². The predicted octanol–water partition coefficient (Wildman–Crippen LogP) is 4.46. The first-order chi connectivity index (χ1) is 16.3. The molecule has 34 heavy (non-hydrogen) atoms. The summed E-state index contributed by atoms with van der Waals surface area (Å²) in [4.78, 5) is 18.0. The average Bonchev–Trinajstić information content (AvgIpc) is 2.83. The van der Waals surface area contributed by atoms with Crippen LogP contribution in [0.2, 0.25) is 0 Å². The van der Waals surface area contributed by atoms with Gasteiger partial charge in [-0.2, -0.15) is 0 Å². The Bertz CT molecular complexity index is 992. The van der Waals surface area contributed by atoms with E-state index in [4.69, 9.17) is 0 Å². The first-order valence-electron chi connectivity index (χ1n) is 12.5. The molecule has 4 rings (SSSR count). The Hall–Kier alpha value is -2.63. The van der Waals surface area contributed by atoms with Crippen molar-refractivity contribution in [3.63, 3.8) is 0 Å². The lowest BCUT2D eigenvalue weighted by atomic mass is 9.56. The van der Waals surface area contributed by atoms with Gasteiger partial charge in [0.15, 0.2) is 0 Å². The first-order valence-corrected chi connectivity index (χ1v) is 12.5. The van der Waals surface area contributed by atoms with E-state index in [1.54, 1.807) is 6.07 Å². The van der Waals surface area contributed by atoms with Gasteiger partial charge in [-0.1, -0.05) is 50.3 Å². The third-order valence-electron chi connectivity index (χ3n) is 7.71. The van der Waals surface area contributed by atoms with Gasteiger partial charge >= 0.3 is 0 Å². The van der Waals surface area contributed by atoms with Gasteiger partial charge in [-0.25, -0.2) is 0 Å². The molecule has 0 spiro atoms. The smallest absolute Gasteiger partial charge is 0.254 e. The van der Waals surface area contributed by atoms with Crippen molar-refractivity contribution in [1.29, 1.82) is 0 Å². The number of nitrogens with zero attached hydrogens (tertiary/aromatic N) is 2. The molecule has 0 bridgehead atoms. The highest BCUT2D eigenvalue weighted by Crippen LogP contribution is 2.50. The molecule has 2 fully saturated rings. The molecular weight excluding hydrogens is 424 g/mol. The molecule has 1 amide bonds. The van der Waals surface area contributed by atoms with Crippen LogP contribution in [0.25, 0.3) is 0 Å². The molecule has 1 saturated heterocycles. The second-order valence-electron chi connectivity index (χ2n) is 10.5. The summed E-state index contributed by atoms with van der Waals surface area (Å²) in [7, 11) is 0. The minimum atomic E-state index is -0.535. The first kappa shape index (κ1) is 24.5. The molecule has 0 radical (unpaired) electrons. The minimum absolute atomic E-state index is 0.0279. The Morgan fingerprint density at radius 3 is 2.68 bits per heavy atom. The Kier molecular flexibility index (Phi) is 7.44. The molecule has 0 aromatic heterocycles. The maximum atomic E-state index is 13.7. The SMILES string of the molecule is C=CCN1CC[C@@]2(c3cccc(O)c3)C[C@@H](N(CC(C)C)C(=O)c3ccccc3)CC(O)[C@@H]2C1. The standard InChI is InChI=1S/C29H38N2O3/c1-4-14-30-15-13-29(23-11-8-12-25(32)16-23)18-24(17-27(33)26(29)20-30)31(19-21(2)3)28(34)22-9-6-5-7-10-22/h4-12,16,21,24,26-27,32-33H,1,13-15,17-20H2,2-3H3/t24-,26-,27?,29-/m0/s1. The summed E-state index contributed by atoms with van der Waals surface area (Å²) in [6, 6.07) is 16.9. The molecule has 2 aromatic carbocycles. The van der Waals surface area contributed by atoms with Gasteiger partial charge in [-0.3, -0.25) is 9.69 Å². The van der Waals surface area contributed by atoms with Crippen LogP contribution in [0, 0.1) is 11.8 Å². The number of likely N-dealkylation sites (tertiary alicyclic amines) is 1. The van der Waals surface area contributed by atoms with Crippen LogP contribution >= 0.6 is 0 Å². The number of rotatable bonds is 7. The van der Waals surface area contributed by atoms with Crippen LogP contribution in [0.5, 0.6) is 5.75 Å². The quantitative estimate of drug-likeness (QED) is 0.597. The van der Waals surface area contributed by atoms with E-state index in [9.17, 15) is 15.0 Å². The van der Waals surface area contributed by atoms with E-state index in [-0.39, 0.29) is 29.0 Å². The van der Waals surface area contributed by atoms with E-state index >= 15 is 0 Å². The van der Waals surface area contributed by atoms with Crippen molar-refractivity contribution in [3.05, 3.63) is 78.4 Å². The number of benzene rings is 2. The molecule has 1 heterocycles. The lowest BCUT2D eigenvalue weighted by Gasteiger charge is -2.56. The number of phenols is 1. The molecule has 2 aliphatic rings.